The van der Waals surface area contributed by atoms with Crippen molar-refractivity contribution in [1.29, 1.82) is 0 Å². The number of nitrogens with one attached hydrogen (secondary N) is 1. The first kappa shape index (κ1) is 12.2. The van der Waals surface area contributed by atoms with Gasteiger partial charge in [0.05, 0.1) is 0 Å². The molecule has 0 fully saturated rings. The average molecular weight is 229 g/mol. The molecule has 1 rings (SSSR count). The molecule has 1 atom stereocenters. The lowest BCUT2D eigenvalue weighted by Crippen LogP contribution is -2.23. The van der Waals surface area contributed by atoms with Crippen LogP contribution in [-0.4, -0.2) is 17.5 Å². The Bertz CT molecular complexity index is 340. The van der Waals surface area contributed by atoms with Crippen LogP contribution in [0.1, 0.15) is 13.8 Å². The summed E-state index contributed by atoms with van der Waals surface area (Å²) in [7, 11) is -3.17. The summed E-state index contributed by atoms with van der Waals surface area (Å²) >= 11 is 0. The second kappa shape index (κ2) is 5.31. The summed E-state index contributed by atoms with van der Waals surface area (Å²) in [5.74, 6) is 0.489. The molecule has 0 bridgehead atoms. The van der Waals surface area contributed by atoms with Crippen LogP contribution in [0.5, 0.6) is 5.75 Å². The number of hydrogen-bond acceptors (Lipinski definition) is 3. The molecule has 0 saturated carbocycles. The zero-order valence-corrected chi connectivity index (χ0v) is 9.78. The van der Waals surface area contributed by atoms with E-state index in [0.29, 0.717) is 5.75 Å². The molecule has 4 nitrogen and oxygen atoms in total. The van der Waals surface area contributed by atoms with E-state index in [-0.39, 0.29) is 6.04 Å². The third-order valence-corrected chi connectivity index (χ3v) is 3.43. The van der Waals surface area contributed by atoms with E-state index < -0.39 is 13.9 Å². The van der Waals surface area contributed by atoms with Gasteiger partial charge in [0.25, 0.3) is 0 Å². The van der Waals surface area contributed by atoms with Crippen LogP contribution in [0.4, 0.5) is 0 Å². The van der Waals surface area contributed by atoms with Crippen LogP contribution in [0.3, 0.4) is 0 Å². The Labute approximate surface area is 89.8 Å². The van der Waals surface area contributed by atoms with E-state index in [1.54, 1.807) is 24.3 Å². The maximum atomic E-state index is 12.0. The first-order chi connectivity index (χ1) is 7.06. The van der Waals surface area contributed by atoms with Gasteiger partial charge in [-0.3, -0.25) is 4.57 Å². The van der Waals surface area contributed by atoms with Crippen molar-refractivity contribution in [2.75, 3.05) is 6.35 Å². The van der Waals surface area contributed by atoms with Gasteiger partial charge in [-0.2, -0.15) is 0 Å². The number of benzene rings is 1. The lowest BCUT2D eigenvalue weighted by atomic mass is 10.3. The molecule has 0 saturated heterocycles. The lowest BCUT2D eigenvalue weighted by molar-refractivity contribution is 0.328. The molecule has 0 spiro atoms. The van der Waals surface area contributed by atoms with Crippen LogP contribution in [0.15, 0.2) is 30.3 Å². The molecule has 0 aliphatic carbocycles. The highest BCUT2D eigenvalue weighted by atomic mass is 31.2. The lowest BCUT2D eigenvalue weighted by Gasteiger charge is -2.20. The Hall–Kier alpha value is -0.830. The van der Waals surface area contributed by atoms with E-state index in [1.807, 2.05) is 19.9 Å². The molecule has 5 heteroatoms. The van der Waals surface area contributed by atoms with Crippen LogP contribution < -0.4 is 9.61 Å². The Morgan fingerprint density at radius 3 is 2.47 bits per heavy atom. The van der Waals surface area contributed by atoms with E-state index >= 15 is 0 Å². The minimum Gasteiger partial charge on any atom is -0.431 e. The smallest absolute Gasteiger partial charge is 0.341 e. The molecule has 1 aromatic carbocycles. The molecule has 1 unspecified atom stereocenters. The van der Waals surface area contributed by atoms with Gasteiger partial charge in [-0.25, -0.2) is 5.09 Å². The Kier molecular flexibility index (Phi) is 4.33. The first-order valence-electron chi connectivity index (χ1n) is 4.78. The van der Waals surface area contributed by atoms with E-state index in [1.165, 1.54) is 0 Å². The predicted octanol–water partition coefficient (Wildman–Crippen LogP) is 2.21. The van der Waals surface area contributed by atoms with Crippen molar-refractivity contribution in [1.82, 2.24) is 5.09 Å². The molecule has 0 aromatic heterocycles. The summed E-state index contributed by atoms with van der Waals surface area (Å²) in [6, 6.07) is 8.80. The Balaban J connectivity index is 2.73. The summed E-state index contributed by atoms with van der Waals surface area (Å²) in [5.41, 5.74) is 0. The van der Waals surface area contributed by atoms with Crippen molar-refractivity contribution in [2.45, 2.75) is 19.9 Å². The zero-order chi connectivity index (χ0) is 11.3. The van der Waals surface area contributed by atoms with Gasteiger partial charge in [-0.1, -0.05) is 18.2 Å². The number of aliphatic hydroxyl groups is 1. The van der Waals surface area contributed by atoms with Crippen LogP contribution in [0, 0.1) is 0 Å². The highest BCUT2D eigenvalue weighted by molar-refractivity contribution is 7.57. The van der Waals surface area contributed by atoms with E-state index in [4.69, 9.17) is 9.63 Å². The molecular weight excluding hydrogens is 213 g/mol. The van der Waals surface area contributed by atoms with Gasteiger partial charge in [0, 0.05) is 6.04 Å². The van der Waals surface area contributed by atoms with Crippen molar-refractivity contribution in [3.63, 3.8) is 0 Å². The fraction of sp³-hybridized carbons (Fsp3) is 0.400. The predicted molar refractivity (Wildman–Crippen MR) is 60.0 cm³/mol. The van der Waals surface area contributed by atoms with Gasteiger partial charge in [-0.05, 0) is 26.0 Å². The average Bonchev–Trinajstić information content (AvgIpc) is 2.18. The normalized spacial score (nSPS) is 14.9. The van der Waals surface area contributed by atoms with Gasteiger partial charge in [0.1, 0.15) is 12.1 Å². The number of rotatable bonds is 5. The van der Waals surface area contributed by atoms with Crippen LogP contribution in [-0.2, 0) is 4.57 Å². The highest BCUT2D eigenvalue weighted by Gasteiger charge is 2.24. The second-order valence-corrected chi connectivity index (χ2v) is 5.57. The maximum absolute atomic E-state index is 12.0. The van der Waals surface area contributed by atoms with E-state index in [2.05, 4.69) is 5.09 Å². The molecule has 15 heavy (non-hydrogen) atoms. The molecule has 0 heterocycles. The number of aliphatic hydroxyl groups excluding tert-OH is 1. The summed E-state index contributed by atoms with van der Waals surface area (Å²) in [5, 5.41) is 11.8. The molecule has 0 aliphatic heterocycles. The minimum atomic E-state index is -3.17. The first-order valence-corrected chi connectivity index (χ1v) is 6.59. The number of para-hydroxylation sites is 1. The fourth-order valence-electron chi connectivity index (χ4n) is 1.14. The molecule has 84 valence electrons. The van der Waals surface area contributed by atoms with Crippen LogP contribution in [0.25, 0.3) is 0 Å². The Morgan fingerprint density at radius 1 is 1.40 bits per heavy atom. The third kappa shape index (κ3) is 4.04. The van der Waals surface area contributed by atoms with E-state index in [9.17, 15) is 4.57 Å². The van der Waals surface area contributed by atoms with E-state index in [0.717, 1.165) is 0 Å². The van der Waals surface area contributed by atoms with Crippen molar-refractivity contribution < 1.29 is 14.2 Å². The highest BCUT2D eigenvalue weighted by Crippen LogP contribution is 2.42. The van der Waals surface area contributed by atoms with Gasteiger partial charge in [-0.15, -0.1) is 0 Å². The zero-order valence-electron chi connectivity index (χ0n) is 8.88. The second-order valence-electron chi connectivity index (χ2n) is 3.50. The maximum Gasteiger partial charge on any atom is 0.341 e. The molecule has 0 amide bonds. The van der Waals surface area contributed by atoms with Crippen molar-refractivity contribution >= 4 is 7.52 Å². The minimum absolute atomic E-state index is 0.00769. The third-order valence-electron chi connectivity index (χ3n) is 1.64. The monoisotopic (exact) mass is 229 g/mol. The SMILES string of the molecule is CC(C)NP(=O)(CO)Oc1ccccc1. The summed E-state index contributed by atoms with van der Waals surface area (Å²) in [4.78, 5) is 0. The molecule has 1 aromatic rings. The van der Waals surface area contributed by atoms with Crippen LogP contribution in [0.2, 0.25) is 0 Å². The topological polar surface area (TPSA) is 58.6 Å². The van der Waals surface area contributed by atoms with Gasteiger partial charge >= 0.3 is 7.52 Å². The van der Waals surface area contributed by atoms with Crippen molar-refractivity contribution in [3.05, 3.63) is 30.3 Å². The largest absolute Gasteiger partial charge is 0.431 e. The molecule has 0 radical (unpaired) electrons. The molecule has 0 aliphatic rings. The number of hydrogen-bond donors (Lipinski definition) is 2. The van der Waals surface area contributed by atoms with Crippen LogP contribution >= 0.6 is 7.52 Å². The summed E-state index contributed by atoms with van der Waals surface area (Å²) in [6.45, 7) is 3.69. The van der Waals surface area contributed by atoms with Gasteiger partial charge in [0.2, 0.25) is 0 Å². The van der Waals surface area contributed by atoms with Crippen molar-refractivity contribution in [2.24, 2.45) is 0 Å². The quantitative estimate of drug-likeness (QED) is 0.760. The van der Waals surface area contributed by atoms with Crippen molar-refractivity contribution in [3.8, 4) is 5.75 Å². The molecule has 2 N–H and O–H groups in total. The fourth-order valence-corrected chi connectivity index (χ4v) is 2.58. The Morgan fingerprint density at radius 2 is 2.00 bits per heavy atom. The summed E-state index contributed by atoms with van der Waals surface area (Å²) < 4.78 is 17.2. The standard InChI is InChI=1S/C10H16NO3P/c1-9(2)11-15(13,8-12)14-10-6-4-3-5-7-10/h3-7,9,12H,8H2,1-2H3,(H,11,13). The summed E-state index contributed by atoms with van der Waals surface area (Å²) in [6.07, 6.45) is -0.514. The van der Waals surface area contributed by atoms with Gasteiger partial charge in [0.15, 0.2) is 0 Å². The van der Waals surface area contributed by atoms with Gasteiger partial charge < -0.3 is 9.63 Å². The molecular formula is C10H16NO3P.